The SMILES string of the molecule is COc1ccc(Nc2ncc(C(=O)Nc3ccc4c(c3)OCO4)cn2)cc1. The van der Waals surface area contributed by atoms with Gasteiger partial charge in [-0.05, 0) is 36.4 Å². The lowest BCUT2D eigenvalue weighted by atomic mass is 10.2. The minimum absolute atomic E-state index is 0.184. The molecule has 1 aromatic heterocycles. The molecule has 0 fully saturated rings. The van der Waals surface area contributed by atoms with Gasteiger partial charge in [-0.25, -0.2) is 9.97 Å². The van der Waals surface area contributed by atoms with Crippen LogP contribution in [0.1, 0.15) is 10.4 Å². The molecule has 3 aromatic rings. The molecule has 8 heteroatoms. The molecule has 0 bridgehead atoms. The number of carbonyl (C=O) groups excluding carboxylic acids is 1. The summed E-state index contributed by atoms with van der Waals surface area (Å²) >= 11 is 0. The number of methoxy groups -OCH3 is 1. The second kappa shape index (κ2) is 7.20. The third-order valence-electron chi connectivity index (χ3n) is 3.89. The van der Waals surface area contributed by atoms with Gasteiger partial charge in [0.25, 0.3) is 5.91 Å². The minimum atomic E-state index is -0.315. The average molecular weight is 364 g/mol. The molecule has 2 aromatic carbocycles. The van der Waals surface area contributed by atoms with Crippen molar-refractivity contribution < 1.29 is 19.0 Å². The standard InChI is InChI=1S/C19H16N4O4/c1-25-15-5-2-13(3-6-15)23-19-20-9-12(10-21-19)18(24)22-14-4-7-16-17(8-14)27-11-26-16/h2-10H,11H2,1H3,(H,22,24)(H,20,21,23). The maximum absolute atomic E-state index is 12.4. The monoisotopic (exact) mass is 364 g/mol. The van der Waals surface area contributed by atoms with Crippen LogP contribution >= 0.6 is 0 Å². The summed E-state index contributed by atoms with van der Waals surface area (Å²) < 4.78 is 15.7. The number of amides is 1. The third kappa shape index (κ3) is 3.74. The van der Waals surface area contributed by atoms with E-state index in [1.807, 2.05) is 24.3 Å². The van der Waals surface area contributed by atoms with E-state index in [9.17, 15) is 4.79 Å². The molecule has 0 spiro atoms. The van der Waals surface area contributed by atoms with Crippen LogP contribution in [0.3, 0.4) is 0 Å². The lowest BCUT2D eigenvalue weighted by Gasteiger charge is -2.08. The Morgan fingerprint density at radius 3 is 2.44 bits per heavy atom. The van der Waals surface area contributed by atoms with Crippen LogP contribution in [0.2, 0.25) is 0 Å². The molecule has 0 saturated heterocycles. The fraction of sp³-hybridized carbons (Fsp3) is 0.105. The number of hydrogen-bond donors (Lipinski definition) is 2. The van der Waals surface area contributed by atoms with Crippen molar-refractivity contribution >= 4 is 23.2 Å². The van der Waals surface area contributed by atoms with Gasteiger partial charge in [0.05, 0.1) is 12.7 Å². The van der Waals surface area contributed by atoms with Gasteiger partial charge in [0.2, 0.25) is 12.7 Å². The third-order valence-corrected chi connectivity index (χ3v) is 3.89. The first-order valence-electron chi connectivity index (χ1n) is 8.15. The molecule has 4 rings (SSSR count). The number of aromatic nitrogens is 2. The van der Waals surface area contributed by atoms with E-state index >= 15 is 0 Å². The van der Waals surface area contributed by atoms with Crippen LogP contribution in [0.15, 0.2) is 54.9 Å². The van der Waals surface area contributed by atoms with Gasteiger partial charge in [-0.15, -0.1) is 0 Å². The number of nitrogens with zero attached hydrogens (tertiary/aromatic N) is 2. The van der Waals surface area contributed by atoms with Crippen molar-refractivity contribution in [1.82, 2.24) is 9.97 Å². The highest BCUT2D eigenvalue weighted by Gasteiger charge is 2.15. The predicted octanol–water partition coefficient (Wildman–Crippen LogP) is 3.21. The van der Waals surface area contributed by atoms with Crippen LogP contribution in [0.4, 0.5) is 17.3 Å². The molecule has 8 nitrogen and oxygen atoms in total. The molecule has 0 radical (unpaired) electrons. The van der Waals surface area contributed by atoms with E-state index in [0.717, 1.165) is 11.4 Å². The number of ether oxygens (including phenoxy) is 3. The summed E-state index contributed by atoms with van der Waals surface area (Å²) in [6.45, 7) is 0.184. The maximum atomic E-state index is 12.4. The van der Waals surface area contributed by atoms with Crippen LogP contribution in [0.25, 0.3) is 0 Å². The second-order valence-electron chi connectivity index (χ2n) is 5.67. The average Bonchev–Trinajstić information content (AvgIpc) is 3.17. The Morgan fingerprint density at radius 1 is 1.00 bits per heavy atom. The Bertz CT molecular complexity index is 958. The molecule has 2 heterocycles. The number of rotatable bonds is 5. The van der Waals surface area contributed by atoms with Gasteiger partial charge in [0.1, 0.15) is 5.75 Å². The molecule has 0 unspecified atom stereocenters. The number of carbonyl (C=O) groups is 1. The fourth-order valence-electron chi connectivity index (χ4n) is 2.49. The summed E-state index contributed by atoms with van der Waals surface area (Å²) in [6, 6.07) is 12.6. The molecule has 0 aliphatic carbocycles. The molecule has 2 N–H and O–H groups in total. The summed E-state index contributed by atoms with van der Waals surface area (Å²) in [6.07, 6.45) is 2.92. The summed E-state index contributed by atoms with van der Waals surface area (Å²) in [5.41, 5.74) is 1.76. The zero-order valence-corrected chi connectivity index (χ0v) is 14.4. The Labute approximate surface area is 155 Å². The molecule has 0 saturated carbocycles. The number of anilines is 3. The van der Waals surface area contributed by atoms with Crippen LogP contribution in [0, 0.1) is 0 Å². The molecule has 1 aliphatic heterocycles. The van der Waals surface area contributed by atoms with Crippen LogP contribution < -0.4 is 24.8 Å². The van der Waals surface area contributed by atoms with Gasteiger partial charge in [-0.3, -0.25) is 4.79 Å². The van der Waals surface area contributed by atoms with Gasteiger partial charge in [-0.2, -0.15) is 0 Å². The molecular formula is C19H16N4O4. The van der Waals surface area contributed by atoms with Crippen molar-refractivity contribution in [2.75, 3.05) is 24.5 Å². The fourth-order valence-corrected chi connectivity index (χ4v) is 2.49. The van der Waals surface area contributed by atoms with E-state index in [1.165, 1.54) is 12.4 Å². The molecule has 1 amide bonds. The summed E-state index contributed by atoms with van der Waals surface area (Å²) in [5, 5.41) is 5.84. The van der Waals surface area contributed by atoms with Crippen molar-refractivity contribution in [2.24, 2.45) is 0 Å². The van der Waals surface area contributed by atoms with E-state index in [2.05, 4.69) is 20.6 Å². The molecule has 1 aliphatic rings. The summed E-state index contributed by atoms with van der Waals surface area (Å²) in [7, 11) is 1.61. The second-order valence-corrected chi connectivity index (χ2v) is 5.67. The highest BCUT2D eigenvalue weighted by atomic mass is 16.7. The topological polar surface area (TPSA) is 94.6 Å². The summed E-state index contributed by atoms with van der Waals surface area (Å²) in [4.78, 5) is 20.7. The lowest BCUT2D eigenvalue weighted by molar-refractivity contribution is 0.102. The van der Waals surface area contributed by atoms with Crippen molar-refractivity contribution in [3.8, 4) is 17.2 Å². The summed E-state index contributed by atoms with van der Waals surface area (Å²) in [5.74, 6) is 2.09. The van der Waals surface area contributed by atoms with Gasteiger partial charge >= 0.3 is 0 Å². The predicted molar refractivity (Wildman–Crippen MR) is 98.8 cm³/mol. The van der Waals surface area contributed by atoms with Gasteiger partial charge in [0, 0.05) is 29.8 Å². The first-order chi connectivity index (χ1) is 13.2. The van der Waals surface area contributed by atoms with Crippen molar-refractivity contribution in [3.05, 3.63) is 60.4 Å². The zero-order chi connectivity index (χ0) is 18.6. The first kappa shape index (κ1) is 16.6. The van der Waals surface area contributed by atoms with Crippen LogP contribution in [-0.4, -0.2) is 29.8 Å². The highest BCUT2D eigenvalue weighted by Crippen LogP contribution is 2.34. The Kier molecular flexibility index (Phi) is 4.44. The van der Waals surface area contributed by atoms with E-state index in [0.29, 0.717) is 28.7 Å². The molecule has 0 atom stereocenters. The van der Waals surface area contributed by atoms with Gasteiger partial charge < -0.3 is 24.8 Å². The molecule has 136 valence electrons. The van der Waals surface area contributed by atoms with Gasteiger partial charge in [-0.1, -0.05) is 0 Å². The van der Waals surface area contributed by atoms with E-state index in [1.54, 1.807) is 25.3 Å². The number of fused-ring (bicyclic) bond motifs is 1. The lowest BCUT2D eigenvalue weighted by Crippen LogP contribution is -2.13. The van der Waals surface area contributed by atoms with Crippen molar-refractivity contribution in [2.45, 2.75) is 0 Å². The van der Waals surface area contributed by atoms with E-state index < -0.39 is 0 Å². The zero-order valence-electron chi connectivity index (χ0n) is 14.4. The first-order valence-corrected chi connectivity index (χ1v) is 8.15. The number of nitrogens with one attached hydrogen (secondary N) is 2. The molecular weight excluding hydrogens is 348 g/mol. The van der Waals surface area contributed by atoms with E-state index in [4.69, 9.17) is 14.2 Å². The van der Waals surface area contributed by atoms with Gasteiger partial charge in [0.15, 0.2) is 11.5 Å². The van der Waals surface area contributed by atoms with E-state index in [-0.39, 0.29) is 12.7 Å². The quantitative estimate of drug-likeness (QED) is 0.718. The van der Waals surface area contributed by atoms with Crippen molar-refractivity contribution in [1.29, 1.82) is 0 Å². The van der Waals surface area contributed by atoms with Crippen LogP contribution in [-0.2, 0) is 0 Å². The van der Waals surface area contributed by atoms with Crippen molar-refractivity contribution in [3.63, 3.8) is 0 Å². The minimum Gasteiger partial charge on any atom is -0.497 e. The highest BCUT2D eigenvalue weighted by molar-refractivity contribution is 6.04. The number of benzene rings is 2. The Balaban J connectivity index is 1.41. The maximum Gasteiger partial charge on any atom is 0.258 e. The number of hydrogen-bond acceptors (Lipinski definition) is 7. The molecule has 27 heavy (non-hydrogen) atoms. The largest absolute Gasteiger partial charge is 0.497 e. The smallest absolute Gasteiger partial charge is 0.258 e. The van der Waals surface area contributed by atoms with Crippen LogP contribution in [0.5, 0.6) is 17.2 Å². The Hall–Kier alpha value is -3.81. The normalized spacial score (nSPS) is 11.7. The Morgan fingerprint density at radius 2 is 1.70 bits per heavy atom.